The van der Waals surface area contributed by atoms with Crippen molar-refractivity contribution in [2.45, 2.75) is 39.0 Å². The number of aromatic nitrogens is 3. The zero-order valence-corrected chi connectivity index (χ0v) is 17.3. The second-order valence-corrected chi connectivity index (χ2v) is 8.74. The second-order valence-electron chi connectivity index (χ2n) is 7.77. The van der Waals surface area contributed by atoms with E-state index < -0.39 is 0 Å². The summed E-state index contributed by atoms with van der Waals surface area (Å²) in [6.07, 6.45) is 2.11. The molecule has 0 saturated carbocycles. The summed E-state index contributed by atoms with van der Waals surface area (Å²) in [7, 11) is 0. The molecule has 2 amide bonds. The van der Waals surface area contributed by atoms with Crippen molar-refractivity contribution < 1.29 is 9.59 Å². The van der Waals surface area contributed by atoms with Gasteiger partial charge in [-0.2, -0.15) is 0 Å². The van der Waals surface area contributed by atoms with E-state index in [-0.39, 0.29) is 30.1 Å². The molecule has 0 atom stereocenters. The summed E-state index contributed by atoms with van der Waals surface area (Å²) in [5, 5.41) is 12.2. The molecule has 9 heteroatoms. The number of piperazine rings is 1. The van der Waals surface area contributed by atoms with Gasteiger partial charge < -0.3 is 15.1 Å². The van der Waals surface area contributed by atoms with Gasteiger partial charge in [-0.25, -0.2) is 4.98 Å². The van der Waals surface area contributed by atoms with Gasteiger partial charge in [0.2, 0.25) is 16.9 Å². The Hall–Kier alpha value is -2.55. The molecule has 3 rings (SSSR count). The summed E-state index contributed by atoms with van der Waals surface area (Å²) >= 11 is 1.37. The molecule has 0 radical (unpaired) electrons. The van der Waals surface area contributed by atoms with Gasteiger partial charge in [0.15, 0.2) is 0 Å². The Morgan fingerprint density at radius 3 is 2.46 bits per heavy atom. The number of pyridine rings is 1. The lowest BCUT2D eigenvalue weighted by Gasteiger charge is -2.35. The number of amides is 2. The van der Waals surface area contributed by atoms with Gasteiger partial charge in [-0.1, -0.05) is 38.2 Å². The molecule has 1 fully saturated rings. The number of carbonyl (C=O) groups is 2. The molecule has 150 valence electrons. The van der Waals surface area contributed by atoms with Crippen LogP contribution in [0.25, 0.3) is 0 Å². The van der Waals surface area contributed by atoms with Gasteiger partial charge >= 0.3 is 0 Å². The molecular weight excluding hydrogens is 376 g/mol. The highest BCUT2D eigenvalue weighted by atomic mass is 32.1. The van der Waals surface area contributed by atoms with Crippen LogP contribution in [0, 0.1) is 0 Å². The third-order valence-electron chi connectivity index (χ3n) is 4.48. The average Bonchev–Trinajstić information content (AvgIpc) is 3.16. The van der Waals surface area contributed by atoms with E-state index in [4.69, 9.17) is 0 Å². The third-order valence-corrected chi connectivity index (χ3v) is 5.75. The number of nitrogens with zero attached hydrogens (tertiary/aromatic N) is 5. The fraction of sp³-hybridized carbons (Fsp3) is 0.526. The fourth-order valence-electron chi connectivity index (χ4n) is 2.86. The standard InChI is InChI=1S/C19H26N6O2S/c1-19(2,3)17-22-23-18(28-17)21-15(26)7-8-16(27)25-12-10-24(11-13-25)14-6-4-5-9-20-14/h4-6,9H,7-8,10-13H2,1-3H3,(H,21,23,26). The van der Waals surface area contributed by atoms with Crippen molar-refractivity contribution in [3.63, 3.8) is 0 Å². The van der Waals surface area contributed by atoms with Crippen molar-refractivity contribution in [3.8, 4) is 0 Å². The minimum absolute atomic E-state index is 0.00321. The van der Waals surface area contributed by atoms with E-state index in [0.29, 0.717) is 18.2 Å². The lowest BCUT2D eigenvalue weighted by Crippen LogP contribution is -2.49. The molecule has 2 aromatic rings. The van der Waals surface area contributed by atoms with E-state index in [0.717, 1.165) is 23.9 Å². The minimum Gasteiger partial charge on any atom is -0.353 e. The first-order valence-corrected chi connectivity index (χ1v) is 10.2. The molecule has 0 aromatic carbocycles. The normalized spacial score (nSPS) is 14.8. The molecule has 28 heavy (non-hydrogen) atoms. The Labute approximate surface area is 169 Å². The van der Waals surface area contributed by atoms with E-state index >= 15 is 0 Å². The van der Waals surface area contributed by atoms with Crippen molar-refractivity contribution in [2.75, 3.05) is 36.4 Å². The molecule has 3 heterocycles. The van der Waals surface area contributed by atoms with Crippen LogP contribution in [0.3, 0.4) is 0 Å². The fourth-order valence-corrected chi connectivity index (χ4v) is 3.68. The maximum atomic E-state index is 12.4. The second kappa shape index (κ2) is 8.64. The highest BCUT2D eigenvalue weighted by molar-refractivity contribution is 7.15. The average molecular weight is 403 g/mol. The molecule has 1 saturated heterocycles. The largest absolute Gasteiger partial charge is 0.353 e. The molecule has 1 aliphatic rings. The van der Waals surface area contributed by atoms with Crippen molar-refractivity contribution >= 4 is 34.1 Å². The SMILES string of the molecule is CC(C)(C)c1nnc(NC(=O)CCC(=O)N2CCN(c3ccccn3)CC2)s1. The van der Waals surface area contributed by atoms with Crippen molar-refractivity contribution in [2.24, 2.45) is 0 Å². The lowest BCUT2D eigenvalue weighted by molar-refractivity contribution is -0.133. The van der Waals surface area contributed by atoms with Crippen LogP contribution in [0.2, 0.25) is 0 Å². The predicted molar refractivity (Wildman–Crippen MR) is 110 cm³/mol. The predicted octanol–water partition coefficient (Wildman–Crippen LogP) is 2.30. The van der Waals surface area contributed by atoms with E-state index in [9.17, 15) is 9.59 Å². The number of carbonyl (C=O) groups excluding carboxylic acids is 2. The van der Waals surface area contributed by atoms with Crippen molar-refractivity contribution in [3.05, 3.63) is 29.4 Å². The summed E-state index contributed by atoms with van der Waals surface area (Å²) < 4.78 is 0. The maximum Gasteiger partial charge on any atom is 0.226 e. The Morgan fingerprint density at radius 2 is 1.86 bits per heavy atom. The van der Waals surface area contributed by atoms with Gasteiger partial charge in [-0.3, -0.25) is 9.59 Å². The summed E-state index contributed by atoms with van der Waals surface area (Å²) in [5.74, 6) is 0.723. The quantitative estimate of drug-likeness (QED) is 0.825. The van der Waals surface area contributed by atoms with Crippen LogP contribution in [0.4, 0.5) is 10.9 Å². The first-order chi connectivity index (χ1) is 13.3. The first kappa shape index (κ1) is 20.2. The summed E-state index contributed by atoms with van der Waals surface area (Å²) in [4.78, 5) is 32.9. The van der Waals surface area contributed by atoms with E-state index in [1.54, 1.807) is 6.20 Å². The van der Waals surface area contributed by atoms with Gasteiger partial charge in [0, 0.05) is 50.6 Å². The Balaban J connectivity index is 1.42. The molecule has 0 bridgehead atoms. The van der Waals surface area contributed by atoms with Crippen LogP contribution in [0.15, 0.2) is 24.4 Å². The molecular formula is C19H26N6O2S. The van der Waals surface area contributed by atoms with Crippen LogP contribution in [-0.2, 0) is 15.0 Å². The zero-order valence-electron chi connectivity index (χ0n) is 16.5. The van der Waals surface area contributed by atoms with E-state index in [1.807, 2.05) is 43.9 Å². The minimum atomic E-state index is -0.211. The maximum absolute atomic E-state index is 12.4. The smallest absolute Gasteiger partial charge is 0.226 e. The zero-order chi connectivity index (χ0) is 20.1. The van der Waals surface area contributed by atoms with Crippen molar-refractivity contribution in [1.82, 2.24) is 20.1 Å². The molecule has 0 aliphatic carbocycles. The number of hydrogen-bond donors (Lipinski definition) is 1. The molecule has 0 spiro atoms. The van der Waals surface area contributed by atoms with Gasteiger partial charge in [-0.15, -0.1) is 10.2 Å². The van der Waals surface area contributed by atoms with Crippen LogP contribution in [-0.4, -0.2) is 58.1 Å². The first-order valence-electron chi connectivity index (χ1n) is 9.40. The number of nitrogens with one attached hydrogen (secondary N) is 1. The van der Waals surface area contributed by atoms with Gasteiger partial charge in [0.25, 0.3) is 0 Å². The summed E-state index contributed by atoms with van der Waals surface area (Å²) in [5.41, 5.74) is -0.103. The lowest BCUT2D eigenvalue weighted by atomic mass is 9.98. The Kier molecular flexibility index (Phi) is 6.23. The van der Waals surface area contributed by atoms with Crippen LogP contribution >= 0.6 is 11.3 Å². The number of rotatable bonds is 5. The summed E-state index contributed by atoms with van der Waals surface area (Å²) in [6, 6.07) is 5.82. The van der Waals surface area contributed by atoms with Crippen molar-refractivity contribution in [1.29, 1.82) is 0 Å². The Morgan fingerprint density at radius 1 is 1.11 bits per heavy atom. The van der Waals surface area contributed by atoms with Crippen LogP contribution in [0.1, 0.15) is 38.6 Å². The van der Waals surface area contributed by atoms with E-state index in [2.05, 4.69) is 25.4 Å². The Bertz CT molecular complexity index is 809. The number of hydrogen-bond acceptors (Lipinski definition) is 7. The molecule has 1 aliphatic heterocycles. The van der Waals surface area contributed by atoms with Gasteiger partial charge in [0.05, 0.1) is 0 Å². The molecule has 2 aromatic heterocycles. The van der Waals surface area contributed by atoms with Gasteiger partial charge in [0.1, 0.15) is 10.8 Å². The highest BCUT2D eigenvalue weighted by Gasteiger charge is 2.23. The topological polar surface area (TPSA) is 91.3 Å². The van der Waals surface area contributed by atoms with Gasteiger partial charge in [-0.05, 0) is 12.1 Å². The number of anilines is 2. The highest BCUT2D eigenvalue weighted by Crippen LogP contribution is 2.27. The third kappa shape index (κ3) is 5.25. The van der Waals surface area contributed by atoms with Crippen LogP contribution < -0.4 is 10.2 Å². The van der Waals surface area contributed by atoms with Crippen LogP contribution in [0.5, 0.6) is 0 Å². The monoisotopic (exact) mass is 402 g/mol. The summed E-state index contributed by atoms with van der Waals surface area (Å²) in [6.45, 7) is 8.91. The van der Waals surface area contributed by atoms with E-state index in [1.165, 1.54) is 11.3 Å². The molecule has 1 N–H and O–H groups in total. The molecule has 8 nitrogen and oxygen atoms in total. The molecule has 0 unspecified atom stereocenters.